The van der Waals surface area contributed by atoms with Crippen LogP contribution in [0.15, 0.2) is 24.3 Å². The Labute approximate surface area is 107 Å². The van der Waals surface area contributed by atoms with Crippen molar-refractivity contribution >= 4 is 0 Å². The Morgan fingerprint density at radius 3 is 2.50 bits per heavy atom. The molecule has 4 nitrogen and oxygen atoms in total. The fourth-order valence-corrected chi connectivity index (χ4v) is 2.32. The van der Waals surface area contributed by atoms with Gasteiger partial charge in [0.2, 0.25) is 0 Å². The number of hydrogen-bond donors (Lipinski definition) is 3. The number of hydrogen-bond acceptors (Lipinski definition) is 4. The molecule has 1 aliphatic rings. The zero-order valence-electron chi connectivity index (χ0n) is 10.7. The Kier molecular flexibility index (Phi) is 4.02. The second-order valence-corrected chi connectivity index (χ2v) is 4.83. The van der Waals surface area contributed by atoms with Crippen LogP contribution in [0.3, 0.4) is 0 Å². The predicted molar refractivity (Wildman–Crippen MR) is 67.1 cm³/mol. The van der Waals surface area contributed by atoms with Gasteiger partial charge in [-0.1, -0.05) is 31.2 Å². The number of aliphatic hydroxyl groups excluding tert-OH is 3. The molecule has 1 heterocycles. The van der Waals surface area contributed by atoms with Crippen molar-refractivity contribution in [2.75, 3.05) is 0 Å². The molecule has 1 saturated heterocycles. The Balaban J connectivity index is 2.26. The van der Waals surface area contributed by atoms with Crippen molar-refractivity contribution < 1.29 is 20.1 Å². The first-order valence-electron chi connectivity index (χ1n) is 6.33. The molecule has 5 atom stereocenters. The number of rotatable bonds is 2. The molecular formula is C14H20O4. The van der Waals surface area contributed by atoms with E-state index in [-0.39, 0.29) is 0 Å². The largest absolute Gasteiger partial charge is 0.388 e. The van der Waals surface area contributed by atoms with Crippen LogP contribution >= 0.6 is 0 Å². The van der Waals surface area contributed by atoms with Gasteiger partial charge < -0.3 is 20.1 Å². The number of benzene rings is 1. The molecule has 0 amide bonds. The van der Waals surface area contributed by atoms with E-state index in [9.17, 15) is 15.3 Å². The minimum absolute atomic E-state index is 0.501. The highest BCUT2D eigenvalue weighted by atomic mass is 16.5. The Morgan fingerprint density at radius 2 is 1.83 bits per heavy atom. The van der Waals surface area contributed by atoms with E-state index >= 15 is 0 Å². The summed E-state index contributed by atoms with van der Waals surface area (Å²) in [6.07, 6.45) is -3.53. The second kappa shape index (κ2) is 5.36. The first kappa shape index (κ1) is 13.5. The quantitative estimate of drug-likeness (QED) is 0.728. The van der Waals surface area contributed by atoms with Gasteiger partial charge in [0.15, 0.2) is 0 Å². The summed E-state index contributed by atoms with van der Waals surface area (Å²) in [5.41, 5.74) is 1.98. The van der Waals surface area contributed by atoms with E-state index in [4.69, 9.17) is 4.74 Å². The van der Waals surface area contributed by atoms with Gasteiger partial charge in [-0.05, 0) is 24.5 Å². The van der Waals surface area contributed by atoms with Crippen LogP contribution in [0.4, 0.5) is 0 Å². The predicted octanol–water partition coefficient (Wildman–Crippen LogP) is 0.791. The first-order valence-corrected chi connectivity index (χ1v) is 6.33. The minimum Gasteiger partial charge on any atom is -0.388 e. The summed E-state index contributed by atoms with van der Waals surface area (Å²) in [5, 5.41) is 29.4. The highest BCUT2D eigenvalue weighted by Crippen LogP contribution is 2.32. The fourth-order valence-electron chi connectivity index (χ4n) is 2.32. The molecule has 1 aliphatic heterocycles. The molecule has 0 spiro atoms. The number of aryl methyl sites for hydroxylation is 1. The van der Waals surface area contributed by atoms with E-state index in [0.717, 1.165) is 17.5 Å². The van der Waals surface area contributed by atoms with Crippen molar-refractivity contribution in [3.8, 4) is 0 Å². The highest BCUT2D eigenvalue weighted by Gasteiger charge is 2.42. The van der Waals surface area contributed by atoms with E-state index in [1.54, 1.807) is 6.92 Å². The third-order valence-corrected chi connectivity index (χ3v) is 3.54. The SMILES string of the molecule is CCc1cccc([C@@H]2O[C@H](C)[C@@H](O)[C@H](O)[C@H]2O)c1. The molecular weight excluding hydrogens is 232 g/mol. The van der Waals surface area contributed by atoms with Crippen LogP contribution in [-0.4, -0.2) is 39.7 Å². The number of ether oxygens (including phenoxy) is 1. The molecule has 0 aliphatic carbocycles. The van der Waals surface area contributed by atoms with E-state index in [1.165, 1.54) is 0 Å². The summed E-state index contributed by atoms with van der Waals surface area (Å²) in [6, 6.07) is 7.74. The maximum Gasteiger partial charge on any atom is 0.113 e. The standard InChI is InChI=1S/C14H20O4/c1-3-9-5-4-6-10(7-9)14-13(17)12(16)11(15)8(2)18-14/h4-8,11-17H,3H2,1-2H3/t8-,11-,12+,13-,14+/m1/s1. The lowest BCUT2D eigenvalue weighted by atomic mass is 9.91. The van der Waals surface area contributed by atoms with Crippen molar-refractivity contribution in [2.45, 2.75) is 50.8 Å². The monoisotopic (exact) mass is 252 g/mol. The molecule has 1 fully saturated rings. The van der Waals surface area contributed by atoms with Crippen LogP contribution < -0.4 is 0 Å². The summed E-state index contributed by atoms with van der Waals surface area (Å²) in [4.78, 5) is 0. The zero-order chi connectivity index (χ0) is 13.3. The number of aliphatic hydroxyl groups is 3. The summed E-state index contributed by atoms with van der Waals surface area (Å²) in [6.45, 7) is 3.74. The maximum absolute atomic E-state index is 10.0. The molecule has 0 saturated carbocycles. The molecule has 2 rings (SSSR count). The lowest BCUT2D eigenvalue weighted by Gasteiger charge is -2.39. The summed E-state index contributed by atoms with van der Waals surface area (Å²) >= 11 is 0. The van der Waals surface area contributed by atoms with E-state index in [1.807, 2.05) is 24.3 Å². The Morgan fingerprint density at radius 1 is 1.11 bits per heavy atom. The summed E-state index contributed by atoms with van der Waals surface area (Å²) in [7, 11) is 0. The van der Waals surface area contributed by atoms with Gasteiger partial charge in [0, 0.05) is 0 Å². The van der Waals surface area contributed by atoms with Crippen molar-refractivity contribution in [3.63, 3.8) is 0 Å². The fraction of sp³-hybridized carbons (Fsp3) is 0.571. The van der Waals surface area contributed by atoms with Gasteiger partial charge in [0.1, 0.15) is 24.4 Å². The summed E-state index contributed by atoms with van der Waals surface area (Å²) in [5.74, 6) is 0. The van der Waals surface area contributed by atoms with Gasteiger partial charge in [-0.2, -0.15) is 0 Å². The minimum atomic E-state index is -1.18. The smallest absolute Gasteiger partial charge is 0.113 e. The Hall–Kier alpha value is -0.940. The van der Waals surface area contributed by atoms with Crippen molar-refractivity contribution in [2.24, 2.45) is 0 Å². The van der Waals surface area contributed by atoms with Gasteiger partial charge in [0.05, 0.1) is 6.10 Å². The maximum atomic E-state index is 10.0. The van der Waals surface area contributed by atoms with Gasteiger partial charge in [-0.3, -0.25) is 0 Å². The van der Waals surface area contributed by atoms with Crippen LogP contribution in [0.5, 0.6) is 0 Å². The lowest BCUT2D eigenvalue weighted by molar-refractivity contribution is -0.219. The van der Waals surface area contributed by atoms with Crippen LogP contribution in [0.1, 0.15) is 31.1 Å². The van der Waals surface area contributed by atoms with Crippen LogP contribution in [0.2, 0.25) is 0 Å². The molecule has 3 N–H and O–H groups in total. The zero-order valence-corrected chi connectivity index (χ0v) is 10.7. The van der Waals surface area contributed by atoms with E-state index < -0.39 is 30.5 Å². The average Bonchev–Trinajstić information content (AvgIpc) is 2.40. The molecule has 0 unspecified atom stereocenters. The third-order valence-electron chi connectivity index (χ3n) is 3.54. The van der Waals surface area contributed by atoms with Crippen LogP contribution in [0.25, 0.3) is 0 Å². The third kappa shape index (κ3) is 2.42. The van der Waals surface area contributed by atoms with E-state index in [2.05, 4.69) is 6.92 Å². The molecule has 1 aromatic carbocycles. The lowest BCUT2D eigenvalue weighted by Crippen LogP contribution is -2.53. The molecule has 100 valence electrons. The first-order chi connectivity index (χ1) is 8.54. The molecule has 4 heteroatoms. The van der Waals surface area contributed by atoms with Crippen molar-refractivity contribution in [3.05, 3.63) is 35.4 Å². The average molecular weight is 252 g/mol. The van der Waals surface area contributed by atoms with Crippen molar-refractivity contribution in [1.29, 1.82) is 0 Å². The van der Waals surface area contributed by atoms with Gasteiger partial charge >= 0.3 is 0 Å². The van der Waals surface area contributed by atoms with Gasteiger partial charge in [-0.15, -0.1) is 0 Å². The highest BCUT2D eigenvalue weighted by molar-refractivity contribution is 5.26. The summed E-state index contributed by atoms with van der Waals surface area (Å²) < 4.78 is 5.61. The molecule has 18 heavy (non-hydrogen) atoms. The van der Waals surface area contributed by atoms with Crippen LogP contribution in [0, 0.1) is 0 Å². The molecule has 1 aromatic rings. The van der Waals surface area contributed by atoms with Gasteiger partial charge in [0.25, 0.3) is 0 Å². The second-order valence-electron chi connectivity index (χ2n) is 4.83. The molecule has 0 radical (unpaired) electrons. The molecule has 0 aromatic heterocycles. The van der Waals surface area contributed by atoms with Crippen LogP contribution in [-0.2, 0) is 11.2 Å². The van der Waals surface area contributed by atoms with E-state index in [0.29, 0.717) is 0 Å². The van der Waals surface area contributed by atoms with Gasteiger partial charge in [-0.25, -0.2) is 0 Å². The normalized spacial score (nSPS) is 36.6. The molecule has 0 bridgehead atoms. The topological polar surface area (TPSA) is 69.9 Å². The Bertz CT molecular complexity index is 407. The van der Waals surface area contributed by atoms with Crippen molar-refractivity contribution in [1.82, 2.24) is 0 Å².